The number of carboxylic acid groups (broad SMARTS) is 1. The molecular weight excluding hydrogens is 294 g/mol. The molecule has 1 aliphatic carbocycles. The van der Waals surface area contributed by atoms with Crippen molar-refractivity contribution in [2.45, 2.75) is 46.6 Å². The van der Waals surface area contributed by atoms with Gasteiger partial charge in [-0.1, -0.05) is 20.8 Å². The Bertz CT molecular complexity index is 579. The van der Waals surface area contributed by atoms with Crippen LogP contribution in [-0.2, 0) is 22.6 Å². The monoisotopic (exact) mass is 321 g/mol. The van der Waals surface area contributed by atoms with Crippen LogP contribution >= 0.6 is 0 Å². The maximum Gasteiger partial charge on any atom is 0.307 e. The highest BCUT2D eigenvalue weighted by Gasteiger charge is 2.66. The topological polar surface area (TPSA) is 75.4 Å². The van der Waals surface area contributed by atoms with Gasteiger partial charge in [0.05, 0.1) is 11.8 Å². The SMILES string of the molecule is CCCn1ccnc1CCCN(C)C(=O)[C@@H]1[C@H](C(=O)O)C1(C)C. The lowest BCUT2D eigenvalue weighted by Gasteiger charge is -2.18. The van der Waals surface area contributed by atoms with Crippen molar-refractivity contribution < 1.29 is 14.7 Å². The molecule has 1 heterocycles. The molecule has 1 N–H and O–H groups in total. The van der Waals surface area contributed by atoms with E-state index in [-0.39, 0.29) is 5.91 Å². The number of hydrogen-bond donors (Lipinski definition) is 1. The van der Waals surface area contributed by atoms with Gasteiger partial charge in [-0.15, -0.1) is 0 Å². The standard InChI is InChI=1S/C17H27N3O3/c1-5-9-20-11-8-18-12(20)7-6-10-19(4)15(21)13-14(16(22)23)17(13,2)3/h8,11,13-14H,5-7,9-10H2,1-4H3,(H,22,23)/t13-,14+/m0/s1. The summed E-state index contributed by atoms with van der Waals surface area (Å²) >= 11 is 0. The number of aryl methyl sites for hydroxylation is 2. The van der Waals surface area contributed by atoms with E-state index in [0.717, 1.165) is 31.6 Å². The number of amides is 1. The second-order valence-electron chi connectivity index (χ2n) is 7.02. The van der Waals surface area contributed by atoms with Crippen LogP contribution in [0.3, 0.4) is 0 Å². The summed E-state index contributed by atoms with van der Waals surface area (Å²) in [6.45, 7) is 7.41. The van der Waals surface area contributed by atoms with Crippen LogP contribution in [0.1, 0.15) is 39.4 Å². The summed E-state index contributed by atoms with van der Waals surface area (Å²) in [6.07, 6.45) is 6.51. The predicted octanol–water partition coefficient (Wildman–Crippen LogP) is 2.04. The quantitative estimate of drug-likeness (QED) is 0.795. The number of aliphatic carboxylic acids is 1. The Kier molecular flexibility index (Phi) is 5.12. The number of carboxylic acids is 1. The van der Waals surface area contributed by atoms with Crippen LogP contribution in [0.4, 0.5) is 0 Å². The van der Waals surface area contributed by atoms with Crippen LogP contribution < -0.4 is 0 Å². The van der Waals surface area contributed by atoms with E-state index in [1.54, 1.807) is 11.9 Å². The fourth-order valence-corrected chi connectivity index (χ4v) is 3.39. The predicted molar refractivity (Wildman–Crippen MR) is 86.9 cm³/mol. The number of imidazole rings is 1. The molecule has 6 nitrogen and oxygen atoms in total. The highest BCUT2D eigenvalue weighted by atomic mass is 16.4. The molecule has 1 fully saturated rings. The van der Waals surface area contributed by atoms with Gasteiger partial charge in [0, 0.05) is 39.0 Å². The Morgan fingerprint density at radius 1 is 1.39 bits per heavy atom. The molecule has 0 aromatic carbocycles. The van der Waals surface area contributed by atoms with Gasteiger partial charge in [0.2, 0.25) is 5.91 Å². The first-order valence-electron chi connectivity index (χ1n) is 8.28. The van der Waals surface area contributed by atoms with E-state index in [9.17, 15) is 14.7 Å². The number of rotatable bonds is 8. The summed E-state index contributed by atoms with van der Waals surface area (Å²) in [5.41, 5.74) is -0.436. The van der Waals surface area contributed by atoms with Crippen molar-refractivity contribution in [2.75, 3.05) is 13.6 Å². The highest BCUT2D eigenvalue weighted by molar-refractivity contribution is 5.91. The van der Waals surface area contributed by atoms with Crippen molar-refractivity contribution in [2.24, 2.45) is 17.3 Å². The van der Waals surface area contributed by atoms with Crippen LogP contribution in [0.15, 0.2) is 12.4 Å². The normalized spacial score (nSPS) is 21.9. The maximum absolute atomic E-state index is 12.4. The molecule has 0 unspecified atom stereocenters. The second kappa shape index (κ2) is 6.72. The molecule has 0 saturated heterocycles. The second-order valence-corrected chi connectivity index (χ2v) is 7.02. The van der Waals surface area contributed by atoms with Crippen molar-refractivity contribution in [1.29, 1.82) is 0 Å². The van der Waals surface area contributed by atoms with Crippen molar-refractivity contribution in [3.8, 4) is 0 Å². The van der Waals surface area contributed by atoms with Crippen LogP contribution in [0.2, 0.25) is 0 Å². The maximum atomic E-state index is 12.4. The van der Waals surface area contributed by atoms with Gasteiger partial charge in [-0.3, -0.25) is 9.59 Å². The van der Waals surface area contributed by atoms with Crippen LogP contribution in [0, 0.1) is 17.3 Å². The molecule has 1 aliphatic rings. The van der Waals surface area contributed by atoms with Gasteiger partial charge in [-0.2, -0.15) is 0 Å². The molecule has 128 valence electrons. The van der Waals surface area contributed by atoms with Gasteiger partial charge in [0.1, 0.15) is 5.82 Å². The molecule has 0 radical (unpaired) electrons. The number of carbonyl (C=O) groups excluding carboxylic acids is 1. The lowest BCUT2D eigenvalue weighted by Crippen LogP contribution is -2.31. The third-order valence-electron chi connectivity index (χ3n) is 4.90. The lowest BCUT2D eigenvalue weighted by atomic mass is 10.1. The molecule has 0 bridgehead atoms. The van der Waals surface area contributed by atoms with Crippen LogP contribution in [-0.4, -0.2) is 45.0 Å². The summed E-state index contributed by atoms with van der Waals surface area (Å²) in [6, 6.07) is 0. The average molecular weight is 321 g/mol. The third kappa shape index (κ3) is 3.57. The molecule has 1 amide bonds. The summed E-state index contributed by atoms with van der Waals surface area (Å²) in [7, 11) is 1.76. The Morgan fingerprint density at radius 2 is 2.09 bits per heavy atom. The average Bonchev–Trinajstić information content (AvgIpc) is 2.81. The van der Waals surface area contributed by atoms with E-state index >= 15 is 0 Å². The molecule has 6 heteroatoms. The third-order valence-corrected chi connectivity index (χ3v) is 4.90. The summed E-state index contributed by atoms with van der Waals surface area (Å²) < 4.78 is 2.15. The Morgan fingerprint density at radius 3 is 2.65 bits per heavy atom. The van der Waals surface area contributed by atoms with Gasteiger partial charge in [-0.25, -0.2) is 4.98 Å². The minimum absolute atomic E-state index is 0.0562. The Hall–Kier alpha value is -1.85. The van der Waals surface area contributed by atoms with Gasteiger partial charge < -0.3 is 14.6 Å². The number of nitrogens with zero attached hydrogens (tertiary/aromatic N) is 3. The lowest BCUT2D eigenvalue weighted by molar-refractivity contribution is -0.141. The molecule has 1 aromatic rings. The molecular formula is C17H27N3O3. The van der Waals surface area contributed by atoms with E-state index in [2.05, 4.69) is 16.5 Å². The van der Waals surface area contributed by atoms with Gasteiger partial charge in [0.25, 0.3) is 0 Å². The van der Waals surface area contributed by atoms with E-state index in [1.165, 1.54) is 0 Å². The first kappa shape index (κ1) is 17.5. The largest absolute Gasteiger partial charge is 0.481 e. The number of carbonyl (C=O) groups is 2. The van der Waals surface area contributed by atoms with Crippen molar-refractivity contribution in [3.63, 3.8) is 0 Å². The first-order valence-corrected chi connectivity index (χ1v) is 8.28. The summed E-state index contributed by atoms with van der Waals surface area (Å²) in [4.78, 5) is 29.7. The van der Waals surface area contributed by atoms with Gasteiger partial charge in [0.15, 0.2) is 0 Å². The smallest absolute Gasteiger partial charge is 0.307 e. The van der Waals surface area contributed by atoms with Gasteiger partial charge in [-0.05, 0) is 18.3 Å². The summed E-state index contributed by atoms with van der Waals surface area (Å²) in [5, 5.41) is 9.19. The number of hydrogen-bond acceptors (Lipinski definition) is 3. The molecule has 23 heavy (non-hydrogen) atoms. The zero-order chi connectivity index (χ0) is 17.2. The molecule has 2 rings (SSSR count). The first-order chi connectivity index (χ1) is 10.8. The van der Waals surface area contributed by atoms with E-state index in [4.69, 9.17) is 0 Å². The fourth-order valence-electron chi connectivity index (χ4n) is 3.39. The molecule has 0 aliphatic heterocycles. The van der Waals surface area contributed by atoms with Crippen molar-refractivity contribution in [1.82, 2.24) is 14.5 Å². The number of aromatic nitrogens is 2. The van der Waals surface area contributed by atoms with Crippen LogP contribution in [0.5, 0.6) is 0 Å². The Labute approximate surface area is 137 Å². The van der Waals surface area contributed by atoms with Crippen molar-refractivity contribution >= 4 is 11.9 Å². The minimum Gasteiger partial charge on any atom is -0.481 e. The van der Waals surface area contributed by atoms with E-state index < -0.39 is 23.2 Å². The molecule has 0 spiro atoms. The molecule has 2 atom stereocenters. The fraction of sp³-hybridized carbons (Fsp3) is 0.706. The Balaban J connectivity index is 1.83. The zero-order valence-electron chi connectivity index (χ0n) is 14.5. The van der Waals surface area contributed by atoms with Gasteiger partial charge >= 0.3 is 5.97 Å². The zero-order valence-corrected chi connectivity index (χ0v) is 14.5. The van der Waals surface area contributed by atoms with E-state index in [0.29, 0.717) is 6.54 Å². The molecule has 1 aromatic heterocycles. The minimum atomic E-state index is -0.872. The highest BCUT2D eigenvalue weighted by Crippen LogP contribution is 2.58. The summed E-state index contributed by atoms with van der Waals surface area (Å²) in [5.74, 6) is -0.835. The molecule has 1 saturated carbocycles. The van der Waals surface area contributed by atoms with E-state index in [1.807, 2.05) is 26.2 Å². The van der Waals surface area contributed by atoms with Crippen molar-refractivity contribution in [3.05, 3.63) is 18.2 Å². The van der Waals surface area contributed by atoms with Crippen LogP contribution in [0.25, 0.3) is 0 Å².